The van der Waals surface area contributed by atoms with E-state index in [1.165, 1.54) is 11.1 Å². The molecule has 0 radical (unpaired) electrons. The van der Waals surface area contributed by atoms with Gasteiger partial charge in [0.2, 0.25) is 0 Å². The zero-order chi connectivity index (χ0) is 14.5. The molecule has 0 spiro atoms. The molecule has 3 heteroatoms. The van der Waals surface area contributed by atoms with Crippen LogP contribution < -0.4 is 0 Å². The first kappa shape index (κ1) is 14.7. The maximum absolute atomic E-state index is 11.4. The van der Waals surface area contributed by atoms with Crippen LogP contribution >= 0.6 is 11.8 Å². The first-order valence-corrected chi connectivity index (χ1v) is 7.54. The van der Waals surface area contributed by atoms with E-state index in [-0.39, 0.29) is 0 Å². The van der Waals surface area contributed by atoms with Crippen LogP contribution in [-0.2, 0) is 4.79 Å². The Bertz CT molecular complexity index is 593. The van der Waals surface area contributed by atoms with Gasteiger partial charge in [-0.2, -0.15) is 0 Å². The molecular weight excluding hydrogens is 268 g/mol. The van der Waals surface area contributed by atoms with Gasteiger partial charge in [-0.3, -0.25) is 4.79 Å². The Balaban J connectivity index is 2.12. The molecule has 0 aliphatic heterocycles. The van der Waals surface area contributed by atoms with E-state index >= 15 is 0 Å². The molecule has 104 valence electrons. The predicted molar refractivity (Wildman–Crippen MR) is 83.5 cm³/mol. The number of hydrogen-bond donors (Lipinski definition) is 1. The van der Waals surface area contributed by atoms with Crippen molar-refractivity contribution in [1.29, 1.82) is 0 Å². The van der Waals surface area contributed by atoms with Gasteiger partial charge >= 0.3 is 5.97 Å². The second-order valence-corrected chi connectivity index (χ2v) is 5.94. The van der Waals surface area contributed by atoms with Crippen LogP contribution in [-0.4, -0.2) is 16.8 Å². The third-order valence-electron chi connectivity index (χ3n) is 3.24. The van der Waals surface area contributed by atoms with Crippen molar-refractivity contribution in [3.63, 3.8) is 0 Å². The molecule has 0 aromatic heterocycles. The lowest BCUT2D eigenvalue weighted by molar-refractivity contribution is -0.138. The molecule has 1 unspecified atom stereocenters. The highest BCUT2D eigenvalue weighted by Crippen LogP contribution is 2.29. The van der Waals surface area contributed by atoms with Crippen molar-refractivity contribution in [3.8, 4) is 0 Å². The number of benzene rings is 2. The minimum absolute atomic E-state index is 0.470. The van der Waals surface area contributed by atoms with Gasteiger partial charge in [0.15, 0.2) is 0 Å². The molecule has 0 heterocycles. The summed E-state index contributed by atoms with van der Waals surface area (Å²) in [5.74, 6) is -0.696. The molecule has 1 N–H and O–H groups in total. The standard InChI is InChI=1S/C17H18O2S/c1-12-8-9-16(13(2)10-12)20-11-15(17(18)19)14-6-4-3-5-7-14/h3-10,15H,11H2,1-2H3,(H,18,19). The number of hydrogen-bond acceptors (Lipinski definition) is 2. The number of rotatable bonds is 5. The summed E-state index contributed by atoms with van der Waals surface area (Å²) in [6.07, 6.45) is 0. The number of thioether (sulfide) groups is 1. The first-order valence-electron chi connectivity index (χ1n) is 6.55. The molecule has 2 aromatic carbocycles. The minimum Gasteiger partial charge on any atom is -0.481 e. The lowest BCUT2D eigenvalue weighted by Crippen LogP contribution is -2.14. The van der Waals surface area contributed by atoms with Crippen LogP contribution in [0.3, 0.4) is 0 Å². The second-order valence-electron chi connectivity index (χ2n) is 4.88. The Morgan fingerprint density at radius 2 is 1.85 bits per heavy atom. The summed E-state index contributed by atoms with van der Waals surface area (Å²) < 4.78 is 0. The second kappa shape index (κ2) is 6.62. The Morgan fingerprint density at radius 1 is 1.15 bits per heavy atom. The van der Waals surface area contributed by atoms with Crippen LogP contribution in [0.5, 0.6) is 0 Å². The maximum atomic E-state index is 11.4. The van der Waals surface area contributed by atoms with E-state index in [2.05, 4.69) is 32.0 Å². The van der Waals surface area contributed by atoms with Crippen LogP contribution in [0, 0.1) is 13.8 Å². The molecule has 0 fully saturated rings. The average molecular weight is 286 g/mol. The number of carbonyl (C=O) groups is 1. The summed E-state index contributed by atoms with van der Waals surface area (Å²) in [5, 5.41) is 9.40. The highest BCUT2D eigenvalue weighted by molar-refractivity contribution is 7.99. The van der Waals surface area contributed by atoms with Gasteiger partial charge in [-0.05, 0) is 31.0 Å². The monoisotopic (exact) mass is 286 g/mol. The van der Waals surface area contributed by atoms with Crippen LogP contribution in [0.2, 0.25) is 0 Å². The molecule has 2 rings (SSSR count). The van der Waals surface area contributed by atoms with Gasteiger partial charge in [0.25, 0.3) is 0 Å². The zero-order valence-electron chi connectivity index (χ0n) is 11.7. The highest BCUT2D eigenvalue weighted by atomic mass is 32.2. The number of carboxylic acid groups (broad SMARTS) is 1. The van der Waals surface area contributed by atoms with Crippen LogP contribution in [0.1, 0.15) is 22.6 Å². The lowest BCUT2D eigenvalue weighted by Gasteiger charge is -2.13. The van der Waals surface area contributed by atoms with Gasteiger partial charge < -0.3 is 5.11 Å². The van der Waals surface area contributed by atoms with Crippen molar-refractivity contribution in [2.75, 3.05) is 5.75 Å². The lowest BCUT2D eigenvalue weighted by atomic mass is 10.0. The van der Waals surface area contributed by atoms with Crippen molar-refractivity contribution in [2.24, 2.45) is 0 Å². The molecule has 20 heavy (non-hydrogen) atoms. The summed E-state index contributed by atoms with van der Waals surface area (Å²) >= 11 is 1.61. The Morgan fingerprint density at radius 3 is 2.45 bits per heavy atom. The number of aliphatic carboxylic acids is 1. The molecule has 2 aromatic rings. The Kier molecular flexibility index (Phi) is 4.85. The van der Waals surface area contributed by atoms with E-state index in [1.54, 1.807) is 11.8 Å². The highest BCUT2D eigenvalue weighted by Gasteiger charge is 2.20. The molecule has 0 bridgehead atoms. The third kappa shape index (κ3) is 3.64. The summed E-state index contributed by atoms with van der Waals surface area (Å²) in [5.41, 5.74) is 3.29. The Labute approximate surface area is 123 Å². The normalized spacial score (nSPS) is 12.1. The predicted octanol–water partition coefficient (Wildman–Crippen LogP) is 4.26. The topological polar surface area (TPSA) is 37.3 Å². The number of aryl methyl sites for hydroxylation is 2. The molecule has 2 nitrogen and oxygen atoms in total. The zero-order valence-corrected chi connectivity index (χ0v) is 12.5. The fourth-order valence-electron chi connectivity index (χ4n) is 2.13. The van der Waals surface area contributed by atoms with Gasteiger partial charge in [-0.1, -0.05) is 48.0 Å². The van der Waals surface area contributed by atoms with Crippen molar-refractivity contribution >= 4 is 17.7 Å². The van der Waals surface area contributed by atoms with Crippen molar-refractivity contribution in [1.82, 2.24) is 0 Å². The van der Waals surface area contributed by atoms with Gasteiger partial charge in [-0.25, -0.2) is 0 Å². The largest absolute Gasteiger partial charge is 0.481 e. The quantitative estimate of drug-likeness (QED) is 0.834. The van der Waals surface area contributed by atoms with E-state index in [1.807, 2.05) is 30.3 Å². The van der Waals surface area contributed by atoms with Crippen LogP contribution in [0.25, 0.3) is 0 Å². The first-order chi connectivity index (χ1) is 9.58. The fraction of sp³-hybridized carbons (Fsp3) is 0.235. The third-order valence-corrected chi connectivity index (χ3v) is 4.51. The summed E-state index contributed by atoms with van der Waals surface area (Å²) in [4.78, 5) is 12.6. The average Bonchev–Trinajstić information content (AvgIpc) is 2.42. The van der Waals surface area contributed by atoms with E-state index in [9.17, 15) is 9.90 Å². The molecular formula is C17H18O2S. The summed E-state index contributed by atoms with van der Waals surface area (Å²) in [6.45, 7) is 4.12. The molecule has 1 atom stereocenters. The smallest absolute Gasteiger partial charge is 0.311 e. The molecule has 0 aliphatic rings. The van der Waals surface area contributed by atoms with E-state index in [0.717, 1.165) is 10.5 Å². The van der Waals surface area contributed by atoms with E-state index in [0.29, 0.717) is 5.75 Å². The Hall–Kier alpha value is -1.74. The maximum Gasteiger partial charge on any atom is 0.311 e. The van der Waals surface area contributed by atoms with Crippen molar-refractivity contribution in [2.45, 2.75) is 24.7 Å². The molecule has 0 saturated heterocycles. The molecule has 0 amide bonds. The van der Waals surface area contributed by atoms with Gasteiger partial charge in [-0.15, -0.1) is 11.8 Å². The fourth-order valence-corrected chi connectivity index (χ4v) is 3.26. The van der Waals surface area contributed by atoms with E-state index < -0.39 is 11.9 Å². The van der Waals surface area contributed by atoms with Crippen molar-refractivity contribution in [3.05, 3.63) is 65.2 Å². The van der Waals surface area contributed by atoms with Gasteiger partial charge in [0.1, 0.15) is 0 Å². The number of carboxylic acids is 1. The van der Waals surface area contributed by atoms with Gasteiger partial charge in [0, 0.05) is 10.6 Å². The van der Waals surface area contributed by atoms with Crippen LogP contribution in [0.4, 0.5) is 0 Å². The molecule has 0 saturated carbocycles. The van der Waals surface area contributed by atoms with Crippen LogP contribution in [0.15, 0.2) is 53.4 Å². The summed E-state index contributed by atoms with van der Waals surface area (Å²) in [7, 11) is 0. The minimum atomic E-state index is -0.770. The molecule has 0 aliphatic carbocycles. The SMILES string of the molecule is Cc1ccc(SCC(C(=O)O)c2ccccc2)c(C)c1. The van der Waals surface area contributed by atoms with Crippen molar-refractivity contribution < 1.29 is 9.90 Å². The summed E-state index contributed by atoms with van der Waals surface area (Å²) in [6, 6.07) is 15.7. The van der Waals surface area contributed by atoms with E-state index in [4.69, 9.17) is 0 Å². The van der Waals surface area contributed by atoms with Gasteiger partial charge in [0.05, 0.1) is 5.92 Å².